The van der Waals surface area contributed by atoms with E-state index in [4.69, 9.17) is 5.26 Å². The number of carbonyl (C=O) groups excluding carboxylic acids is 1. The van der Waals surface area contributed by atoms with E-state index < -0.39 is 0 Å². The molecule has 0 bridgehead atoms. The van der Waals surface area contributed by atoms with Crippen LogP contribution in [0.5, 0.6) is 0 Å². The second-order valence-corrected chi connectivity index (χ2v) is 9.51. The Balaban J connectivity index is 1.43. The van der Waals surface area contributed by atoms with Crippen molar-refractivity contribution in [3.63, 3.8) is 0 Å². The van der Waals surface area contributed by atoms with E-state index >= 15 is 0 Å². The summed E-state index contributed by atoms with van der Waals surface area (Å²) in [4.78, 5) is 23.2. The smallest absolute Gasteiger partial charge is 0.255 e. The Morgan fingerprint density at radius 1 is 1.13 bits per heavy atom. The second-order valence-electron chi connectivity index (χ2n) is 7.43. The number of aryl methyl sites for hydroxylation is 1. The van der Waals surface area contributed by atoms with Gasteiger partial charge in [0, 0.05) is 47.9 Å². The van der Waals surface area contributed by atoms with E-state index in [0.29, 0.717) is 12.1 Å². The van der Waals surface area contributed by atoms with Crippen molar-refractivity contribution in [2.45, 2.75) is 24.0 Å². The zero-order chi connectivity index (χ0) is 21.6. The molecule has 2 heterocycles. The minimum Gasteiger partial charge on any atom is -0.370 e. The summed E-state index contributed by atoms with van der Waals surface area (Å²) in [7, 11) is 0. The summed E-state index contributed by atoms with van der Waals surface area (Å²) < 4.78 is 0. The van der Waals surface area contributed by atoms with Gasteiger partial charge in [0.2, 0.25) is 0 Å². The van der Waals surface area contributed by atoms with Crippen molar-refractivity contribution in [1.29, 1.82) is 5.26 Å². The highest BCUT2D eigenvalue weighted by Gasteiger charge is 2.22. The van der Waals surface area contributed by atoms with Gasteiger partial charge in [0.1, 0.15) is 0 Å². The Bertz CT molecular complexity index is 1090. The zero-order valence-electron chi connectivity index (χ0n) is 17.5. The number of nitriles is 1. The predicted octanol–water partition coefficient (Wildman–Crippen LogP) is 4.97. The highest BCUT2D eigenvalue weighted by molar-refractivity contribution is 7.98. The molecule has 5 nitrogen and oxygen atoms in total. The molecule has 0 atom stereocenters. The fourth-order valence-electron chi connectivity index (χ4n) is 3.69. The molecule has 0 saturated carbocycles. The monoisotopic (exact) mass is 448 g/mol. The van der Waals surface area contributed by atoms with E-state index in [2.05, 4.69) is 21.3 Å². The molecular formula is C24H24N4OS2. The number of aromatic nitrogens is 1. The van der Waals surface area contributed by atoms with Gasteiger partial charge >= 0.3 is 0 Å². The molecule has 3 aromatic rings. The van der Waals surface area contributed by atoms with Gasteiger partial charge in [0.05, 0.1) is 27.9 Å². The predicted molar refractivity (Wildman–Crippen MR) is 127 cm³/mol. The maximum Gasteiger partial charge on any atom is 0.255 e. The molecule has 1 fully saturated rings. The van der Waals surface area contributed by atoms with Gasteiger partial charge < -0.3 is 9.80 Å². The lowest BCUT2D eigenvalue weighted by molar-refractivity contribution is 0.0763. The number of hydrogen-bond acceptors (Lipinski definition) is 6. The third-order valence-electron chi connectivity index (χ3n) is 5.30. The molecule has 7 heteroatoms. The van der Waals surface area contributed by atoms with E-state index in [1.54, 1.807) is 23.1 Å². The number of anilines is 1. The molecule has 2 aromatic carbocycles. The SMILES string of the molecule is Cc1nc(CSc2ccccc2C(=O)N2CCCN(c3ccc(C#N)cc3)CC2)cs1. The Kier molecular flexibility index (Phi) is 6.90. The molecule has 4 rings (SSSR count). The Morgan fingerprint density at radius 2 is 1.94 bits per heavy atom. The summed E-state index contributed by atoms with van der Waals surface area (Å²) in [6.07, 6.45) is 0.916. The topological polar surface area (TPSA) is 60.2 Å². The molecule has 1 aliphatic heterocycles. The van der Waals surface area contributed by atoms with Gasteiger partial charge in [0.15, 0.2) is 0 Å². The maximum atomic E-state index is 13.4. The number of carbonyl (C=O) groups is 1. The van der Waals surface area contributed by atoms with Crippen LogP contribution in [0.25, 0.3) is 0 Å². The maximum absolute atomic E-state index is 13.4. The highest BCUT2D eigenvalue weighted by atomic mass is 32.2. The van der Waals surface area contributed by atoms with E-state index in [9.17, 15) is 4.79 Å². The summed E-state index contributed by atoms with van der Waals surface area (Å²) in [5.41, 5.74) is 3.59. The lowest BCUT2D eigenvalue weighted by Crippen LogP contribution is -2.35. The van der Waals surface area contributed by atoms with Gasteiger partial charge in [-0.05, 0) is 49.7 Å². The fraction of sp³-hybridized carbons (Fsp3) is 0.292. The lowest BCUT2D eigenvalue weighted by atomic mass is 10.2. The van der Waals surface area contributed by atoms with Gasteiger partial charge in [0.25, 0.3) is 5.91 Å². The van der Waals surface area contributed by atoms with Gasteiger partial charge in [-0.15, -0.1) is 23.1 Å². The molecule has 1 amide bonds. The third-order valence-corrected chi connectivity index (χ3v) is 7.23. The molecule has 158 valence electrons. The van der Waals surface area contributed by atoms with Crippen molar-refractivity contribution in [1.82, 2.24) is 9.88 Å². The van der Waals surface area contributed by atoms with Crippen molar-refractivity contribution >= 4 is 34.7 Å². The molecular weight excluding hydrogens is 424 g/mol. The van der Waals surface area contributed by atoms with Crippen molar-refractivity contribution < 1.29 is 4.79 Å². The first kappa shape index (κ1) is 21.4. The van der Waals surface area contributed by atoms with Crippen LogP contribution < -0.4 is 4.90 Å². The van der Waals surface area contributed by atoms with E-state index in [1.807, 2.05) is 60.4 Å². The molecule has 0 spiro atoms. The van der Waals surface area contributed by atoms with Crippen LogP contribution >= 0.6 is 23.1 Å². The number of nitrogens with zero attached hydrogens (tertiary/aromatic N) is 4. The number of amides is 1. The van der Waals surface area contributed by atoms with Crippen molar-refractivity contribution in [2.24, 2.45) is 0 Å². The number of benzene rings is 2. The largest absolute Gasteiger partial charge is 0.370 e. The third kappa shape index (κ3) is 5.27. The average molecular weight is 449 g/mol. The normalized spacial score (nSPS) is 14.2. The molecule has 31 heavy (non-hydrogen) atoms. The van der Waals surface area contributed by atoms with Crippen LogP contribution in [0.15, 0.2) is 58.8 Å². The zero-order valence-corrected chi connectivity index (χ0v) is 19.1. The standard InChI is InChI=1S/C24H24N4OS2/c1-18-26-20(16-30-18)17-31-23-6-3-2-5-22(23)24(29)28-12-4-11-27(13-14-28)21-9-7-19(15-25)8-10-21/h2-3,5-10,16H,4,11-14,17H2,1H3. The van der Waals surface area contributed by atoms with Crippen LogP contribution in [0.2, 0.25) is 0 Å². The van der Waals surface area contributed by atoms with E-state index in [1.165, 1.54) is 0 Å². The first-order valence-corrected chi connectivity index (χ1v) is 12.2. The van der Waals surface area contributed by atoms with Crippen LogP contribution in [0.3, 0.4) is 0 Å². The van der Waals surface area contributed by atoms with Gasteiger partial charge in [-0.2, -0.15) is 5.26 Å². The van der Waals surface area contributed by atoms with Crippen LogP contribution in [-0.4, -0.2) is 42.0 Å². The van der Waals surface area contributed by atoms with Crippen LogP contribution in [-0.2, 0) is 5.75 Å². The summed E-state index contributed by atoms with van der Waals surface area (Å²) >= 11 is 3.33. The van der Waals surface area contributed by atoms with E-state index in [0.717, 1.165) is 58.7 Å². The second kappa shape index (κ2) is 9.99. The minimum atomic E-state index is 0.0965. The molecule has 1 saturated heterocycles. The molecule has 0 aliphatic carbocycles. The highest BCUT2D eigenvalue weighted by Crippen LogP contribution is 2.28. The van der Waals surface area contributed by atoms with Gasteiger partial charge in [-0.25, -0.2) is 4.98 Å². The fourth-order valence-corrected chi connectivity index (χ4v) is 5.35. The molecule has 0 unspecified atom stereocenters. The summed E-state index contributed by atoms with van der Waals surface area (Å²) in [5, 5.41) is 12.2. The van der Waals surface area contributed by atoms with Crippen LogP contribution in [0.4, 0.5) is 5.69 Å². The van der Waals surface area contributed by atoms with Crippen molar-refractivity contribution in [3.8, 4) is 6.07 Å². The number of rotatable bonds is 5. The van der Waals surface area contributed by atoms with Crippen LogP contribution in [0.1, 0.15) is 33.0 Å². The van der Waals surface area contributed by atoms with E-state index in [-0.39, 0.29) is 5.91 Å². The minimum absolute atomic E-state index is 0.0965. The average Bonchev–Trinajstić information content (AvgIpc) is 3.07. The molecule has 1 aromatic heterocycles. The molecule has 0 radical (unpaired) electrons. The summed E-state index contributed by atoms with van der Waals surface area (Å²) in [6.45, 7) is 5.12. The van der Waals surface area contributed by atoms with Gasteiger partial charge in [-0.3, -0.25) is 4.79 Å². The lowest BCUT2D eigenvalue weighted by Gasteiger charge is -2.24. The first-order chi connectivity index (χ1) is 15.1. The van der Waals surface area contributed by atoms with Crippen LogP contribution in [0, 0.1) is 18.3 Å². The van der Waals surface area contributed by atoms with Gasteiger partial charge in [-0.1, -0.05) is 12.1 Å². The quantitative estimate of drug-likeness (QED) is 0.516. The Morgan fingerprint density at radius 3 is 2.68 bits per heavy atom. The molecule has 1 aliphatic rings. The number of thiazole rings is 1. The number of thioether (sulfide) groups is 1. The van der Waals surface area contributed by atoms with Crippen molar-refractivity contribution in [3.05, 3.63) is 75.7 Å². The number of hydrogen-bond donors (Lipinski definition) is 0. The Labute approximate surface area is 191 Å². The molecule has 0 N–H and O–H groups in total. The summed E-state index contributed by atoms with van der Waals surface area (Å²) in [6, 6.07) is 17.7. The summed E-state index contributed by atoms with van der Waals surface area (Å²) in [5.74, 6) is 0.861. The first-order valence-electron chi connectivity index (χ1n) is 10.3. The Hall–Kier alpha value is -2.82. The van der Waals surface area contributed by atoms with Crippen molar-refractivity contribution in [2.75, 3.05) is 31.1 Å².